The quantitative estimate of drug-likeness (QED) is 0.178. The molecule has 0 aliphatic heterocycles. The fourth-order valence-electron chi connectivity index (χ4n) is 5.17. The highest BCUT2D eigenvalue weighted by molar-refractivity contribution is 14.1. The molecule has 1 unspecified atom stereocenters. The Labute approximate surface area is 194 Å². The lowest BCUT2D eigenvalue weighted by molar-refractivity contribution is -0.110. The molecule has 1 saturated carbocycles. The second-order valence-electron chi connectivity index (χ2n) is 10.9. The molecule has 0 saturated heterocycles. The average Bonchev–Trinajstić information content (AvgIpc) is 2.63. The maximum atomic E-state index is 7.41. The summed E-state index contributed by atoms with van der Waals surface area (Å²) in [5.74, 6) is 0. The summed E-state index contributed by atoms with van der Waals surface area (Å²) >= 11 is 2.34. The van der Waals surface area contributed by atoms with Crippen molar-refractivity contribution < 1.29 is 9.16 Å². The van der Waals surface area contributed by atoms with E-state index in [1.54, 1.807) is 5.57 Å². The fraction of sp³-hybridized carbons (Fsp3) is 0.760. The molecule has 0 aromatic heterocycles. The van der Waals surface area contributed by atoms with Gasteiger partial charge in [0.2, 0.25) is 0 Å². The number of ether oxygens (including phenoxy) is 1. The van der Waals surface area contributed by atoms with E-state index in [4.69, 9.17) is 9.16 Å². The first-order valence-electron chi connectivity index (χ1n) is 11.2. The molecular formula is C25H43IO2Si. The highest BCUT2D eigenvalue weighted by Crippen LogP contribution is 2.60. The summed E-state index contributed by atoms with van der Waals surface area (Å²) in [5, 5.41) is 0.213. The summed E-state index contributed by atoms with van der Waals surface area (Å²) < 4.78 is 15.6. The van der Waals surface area contributed by atoms with E-state index in [1.165, 1.54) is 0 Å². The Bertz CT molecular complexity index is 648. The third kappa shape index (κ3) is 4.96. The van der Waals surface area contributed by atoms with Crippen LogP contribution in [-0.4, -0.2) is 26.6 Å². The van der Waals surface area contributed by atoms with Crippen molar-refractivity contribution in [1.29, 1.82) is 0 Å². The summed E-state index contributed by atoms with van der Waals surface area (Å²) in [5.41, 5.74) is 1.48. The van der Waals surface area contributed by atoms with Crippen molar-refractivity contribution >= 4 is 30.9 Å². The monoisotopic (exact) mass is 530 g/mol. The molecular weight excluding hydrogens is 487 g/mol. The zero-order chi connectivity index (χ0) is 22.0. The van der Waals surface area contributed by atoms with Gasteiger partial charge >= 0.3 is 0 Å². The van der Waals surface area contributed by atoms with Crippen LogP contribution in [0.4, 0.5) is 0 Å². The summed E-state index contributed by atoms with van der Waals surface area (Å²) in [6, 6.07) is 0. The Morgan fingerprint density at radius 2 is 1.93 bits per heavy atom. The van der Waals surface area contributed by atoms with Crippen molar-refractivity contribution in [2.45, 2.75) is 108 Å². The molecule has 1 fully saturated rings. The minimum atomic E-state index is -1.91. The number of rotatable bonds is 8. The van der Waals surface area contributed by atoms with E-state index in [0.717, 1.165) is 51.4 Å². The molecule has 2 rings (SSSR count). The van der Waals surface area contributed by atoms with Crippen LogP contribution in [0.25, 0.3) is 0 Å². The summed E-state index contributed by atoms with van der Waals surface area (Å²) in [6.07, 6.45) is 15.4. The van der Waals surface area contributed by atoms with Crippen LogP contribution in [0.3, 0.4) is 0 Å². The zero-order valence-corrected chi connectivity index (χ0v) is 23.0. The summed E-state index contributed by atoms with van der Waals surface area (Å²) in [6.45, 7) is 18.4. The molecule has 166 valence electrons. The predicted molar refractivity (Wildman–Crippen MR) is 137 cm³/mol. The molecule has 0 amide bonds. The van der Waals surface area contributed by atoms with Gasteiger partial charge in [-0.1, -0.05) is 74.1 Å². The van der Waals surface area contributed by atoms with Gasteiger partial charge in [-0.05, 0) is 73.6 Å². The molecule has 3 atom stereocenters. The number of fused-ring (bicyclic) bond motifs is 1. The third-order valence-electron chi connectivity index (χ3n) is 8.26. The van der Waals surface area contributed by atoms with Gasteiger partial charge in [0.25, 0.3) is 0 Å². The van der Waals surface area contributed by atoms with Crippen molar-refractivity contribution in [3.05, 3.63) is 34.5 Å². The van der Waals surface area contributed by atoms with E-state index in [1.807, 2.05) is 13.2 Å². The number of halogens is 1. The largest absolute Gasteiger partial charge is 0.410 e. The van der Waals surface area contributed by atoms with E-state index in [0.29, 0.717) is 0 Å². The molecule has 29 heavy (non-hydrogen) atoms. The molecule has 2 aliphatic rings. The van der Waals surface area contributed by atoms with Gasteiger partial charge in [0.15, 0.2) is 8.32 Å². The van der Waals surface area contributed by atoms with Crippen LogP contribution >= 0.6 is 22.6 Å². The SMILES string of the molecule is C=CC[C@]1(OC)CC[C@@]2(C)C(=CCCC2(CC/C=C/I)O[Si](C)(C)C(C)(C)C)C1. The second kappa shape index (κ2) is 9.29. The Morgan fingerprint density at radius 3 is 2.48 bits per heavy atom. The van der Waals surface area contributed by atoms with E-state index in [2.05, 4.69) is 86.2 Å². The van der Waals surface area contributed by atoms with Gasteiger partial charge in [-0.15, -0.1) is 6.58 Å². The molecule has 0 aromatic rings. The zero-order valence-electron chi connectivity index (χ0n) is 19.9. The first-order chi connectivity index (χ1) is 13.4. The highest BCUT2D eigenvalue weighted by Gasteiger charge is 2.58. The van der Waals surface area contributed by atoms with Crippen LogP contribution in [0.1, 0.15) is 79.1 Å². The molecule has 0 bridgehead atoms. The van der Waals surface area contributed by atoms with E-state index in [-0.39, 0.29) is 21.7 Å². The van der Waals surface area contributed by atoms with Crippen LogP contribution in [0, 0.1) is 5.41 Å². The fourth-order valence-corrected chi connectivity index (χ4v) is 7.25. The molecule has 2 aliphatic carbocycles. The molecule has 0 spiro atoms. The number of allylic oxidation sites excluding steroid dienone is 2. The van der Waals surface area contributed by atoms with Crippen LogP contribution in [-0.2, 0) is 9.16 Å². The van der Waals surface area contributed by atoms with E-state index < -0.39 is 8.32 Å². The van der Waals surface area contributed by atoms with Gasteiger partial charge in [-0.2, -0.15) is 0 Å². The number of hydrogen-bond acceptors (Lipinski definition) is 2. The van der Waals surface area contributed by atoms with Crippen molar-refractivity contribution in [3.63, 3.8) is 0 Å². The van der Waals surface area contributed by atoms with Crippen LogP contribution in [0.5, 0.6) is 0 Å². The lowest BCUT2D eigenvalue weighted by Gasteiger charge is -2.60. The average molecular weight is 531 g/mol. The van der Waals surface area contributed by atoms with Crippen molar-refractivity contribution in [3.8, 4) is 0 Å². The van der Waals surface area contributed by atoms with Gasteiger partial charge < -0.3 is 9.16 Å². The standard InChI is InChI=1S/C25H43IO2Si/c1-9-14-24(27-6)18-17-23(5)21(20-24)13-12-16-25(23,15-10-11-19-26)28-29(7,8)22(2,3)4/h9,11,13,19H,1,10,12,14-18,20H2,2-8H3/b19-11+/t23-,24-,25?/m0/s1. The van der Waals surface area contributed by atoms with Gasteiger partial charge in [0.05, 0.1) is 11.2 Å². The van der Waals surface area contributed by atoms with Crippen LogP contribution in [0.15, 0.2) is 34.5 Å². The van der Waals surface area contributed by atoms with E-state index >= 15 is 0 Å². The highest BCUT2D eigenvalue weighted by atomic mass is 127. The Kier molecular flexibility index (Phi) is 8.12. The smallest absolute Gasteiger partial charge is 0.192 e. The molecule has 0 heterocycles. The predicted octanol–water partition coefficient (Wildman–Crippen LogP) is 8.35. The van der Waals surface area contributed by atoms with Gasteiger partial charge in [-0.25, -0.2) is 0 Å². The number of methoxy groups -OCH3 is 1. The minimum absolute atomic E-state index is 0.0791. The maximum absolute atomic E-state index is 7.41. The third-order valence-corrected chi connectivity index (χ3v) is 13.3. The molecule has 0 radical (unpaired) electrons. The second-order valence-corrected chi connectivity index (χ2v) is 16.4. The first kappa shape index (κ1) is 25.3. The Hall–Kier alpha value is 0.0869. The summed E-state index contributed by atoms with van der Waals surface area (Å²) in [7, 11) is -0.0328. The van der Waals surface area contributed by atoms with Crippen molar-refractivity contribution in [2.24, 2.45) is 5.41 Å². The molecule has 4 heteroatoms. The normalized spacial score (nSPS) is 33.4. The Morgan fingerprint density at radius 1 is 1.24 bits per heavy atom. The van der Waals surface area contributed by atoms with E-state index in [9.17, 15) is 0 Å². The van der Waals surface area contributed by atoms with Gasteiger partial charge in [0, 0.05) is 12.5 Å². The lowest BCUT2D eigenvalue weighted by Crippen LogP contribution is -2.61. The molecule has 2 nitrogen and oxygen atoms in total. The maximum Gasteiger partial charge on any atom is 0.192 e. The minimum Gasteiger partial charge on any atom is -0.410 e. The lowest BCUT2D eigenvalue weighted by atomic mass is 9.54. The van der Waals surface area contributed by atoms with Crippen LogP contribution < -0.4 is 0 Å². The number of hydrogen-bond donors (Lipinski definition) is 0. The van der Waals surface area contributed by atoms with Gasteiger partial charge in [0.1, 0.15) is 0 Å². The van der Waals surface area contributed by atoms with Crippen LogP contribution in [0.2, 0.25) is 18.1 Å². The van der Waals surface area contributed by atoms with Crippen molar-refractivity contribution in [1.82, 2.24) is 0 Å². The summed E-state index contributed by atoms with van der Waals surface area (Å²) in [4.78, 5) is 0. The topological polar surface area (TPSA) is 18.5 Å². The first-order valence-corrected chi connectivity index (χ1v) is 15.4. The Balaban J connectivity index is 2.47. The molecule has 0 aromatic carbocycles. The van der Waals surface area contributed by atoms with Gasteiger partial charge in [-0.3, -0.25) is 0 Å². The molecule has 0 N–H and O–H groups in total. The van der Waals surface area contributed by atoms with Crippen molar-refractivity contribution in [2.75, 3.05) is 7.11 Å².